The Morgan fingerprint density at radius 3 is 2.30 bits per heavy atom. The highest BCUT2D eigenvalue weighted by atomic mass is 32.2. The van der Waals surface area contributed by atoms with Crippen LogP contribution in [0.15, 0.2) is 83.8 Å². The van der Waals surface area contributed by atoms with Crippen molar-refractivity contribution in [3.05, 3.63) is 95.6 Å². The summed E-state index contributed by atoms with van der Waals surface area (Å²) in [7, 11) is -2.53. The van der Waals surface area contributed by atoms with Gasteiger partial charge in [0.25, 0.3) is 15.9 Å². The van der Waals surface area contributed by atoms with E-state index in [0.29, 0.717) is 5.75 Å². The zero-order chi connectivity index (χ0) is 28.9. The number of nitrogens with one attached hydrogen (secondary N) is 1. The highest BCUT2D eigenvalue weighted by Gasteiger charge is 2.41. The van der Waals surface area contributed by atoms with E-state index in [1.807, 2.05) is 50.2 Å². The van der Waals surface area contributed by atoms with Crippen LogP contribution >= 0.6 is 0 Å². The molecule has 1 N–H and O–H groups in total. The molecule has 40 heavy (non-hydrogen) atoms. The molecular weight excluding hydrogens is 530 g/mol. The van der Waals surface area contributed by atoms with E-state index in [4.69, 9.17) is 4.74 Å². The molecule has 3 aromatic rings. The summed E-state index contributed by atoms with van der Waals surface area (Å²) in [6.07, 6.45) is -0.0370. The van der Waals surface area contributed by atoms with E-state index < -0.39 is 27.9 Å². The Morgan fingerprint density at radius 2 is 1.62 bits per heavy atom. The Morgan fingerprint density at radius 1 is 0.950 bits per heavy atom. The molecule has 0 spiro atoms. The van der Waals surface area contributed by atoms with Gasteiger partial charge in [0.2, 0.25) is 11.8 Å². The number of sulfonamides is 1. The molecule has 0 saturated heterocycles. The van der Waals surface area contributed by atoms with Gasteiger partial charge in [-0.3, -0.25) is 14.4 Å². The van der Waals surface area contributed by atoms with Gasteiger partial charge in [0.05, 0.1) is 12.7 Å². The van der Waals surface area contributed by atoms with Crippen LogP contribution in [-0.2, 0) is 32.6 Å². The lowest BCUT2D eigenvalue weighted by Gasteiger charge is -2.32. The fourth-order valence-corrected chi connectivity index (χ4v) is 6.26. The molecule has 9 nitrogen and oxygen atoms in total. The Labute approximate surface area is 234 Å². The molecule has 0 bridgehead atoms. The number of hydrogen-bond acceptors (Lipinski definition) is 6. The molecule has 0 radical (unpaired) electrons. The van der Waals surface area contributed by atoms with Crippen molar-refractivity contribution in [1.29, 1.82) is 0 Å². The van der Waals surface area contributed by atoms with E-state index in [1.54, 1.807) is 37.4 Å². The molecule has 3 amide bonds. The maximum atomic E-state index is 13.9. The smallest absolute Gasteiger partial charge is 0.269 e. The number of hydrogen-bond donors (Lipinski definition) is 1. The number of benzene rings is 3. The average molecular weight is 564 g/mol. The van der Waals surface area contributed by atoms with Gasteiger partial charge in [-0.25, -0.2) is 12.7 Å². The maximum Gasteiger partial charge on any atom is 0.269 e. The van der Waals surface area contributed by atoms with Crippen molar-refractivity contribution in [2.75, 3.05) is 13.7 Å². The molecule has 210 valence electrons. The lowest BCUT2D eigenvalue weighted by atomic mass is 10.0. The number of methoxy groups -OCH3 is 1. The second-order valence-electron chi connectivity index (χ2n) is 9.87. The third-order valence-electron chi connectivity index (χ3n) is 6.63. The van der Waals surface area contributed by atoms with Gasteiger partial charge in [-0.2, -0.15) is 0 Å². The van der Waals surface area contributed by atoms with E-state index in [-0.39, 0.29) is 48.3 Å². The summed E-state index contributed by atoms with van der Waals surface area (Å²) in [5.74, 6) is -0.849. The van der Waals surface area contributed by atoms with Gasteiger partial charge in [0.1, 0.15) is 16.7 Å². The summed E-state index contributed by atoms with van der Waals surface area (Å²) in [6.45, 7) is 3.42. The first-order valence-corrected chi connectivity index (χ1v) is 14.5. The van der Waals surface area contributed by atoms with Crippen LogP contribution in [-0.4, -0.2) is 61.1 Å². The summed E-state index contributed by atoms with van der Waals surface area (Å²) in [5.41, 5.74) is 1.68. The Hall–Kier alpha value is -4.18. The molecule has 1 aliphatic heterocycles. The average Bonchev–Trinajstić information content (AvgIpc) is 3.14. The van der Waals surface area contributed by atoms with Crippen LogP contribution in [0.2, 0.25) is 0 Å². The minimum atomic E-state index is -4.07. The maximum absolute atomic E-state index is 13.9. The lowest BCUT2D eigenvalue weighted by Crippen LogP contribution is -2.52. The number of ether oxygens (including phenoxy) is 1. The molecule has 1 heterocycles. The number of carbonyl (C=O) groups excluding carboxylic acids is 3. The normalized spacial score (nSPS) is 14.5. The minimum absolute atomic E-state index is 0.0704. The van der Waals surface area contributed by atoms with E-state index in [0.717, 1.165) is 15.4 Å². The fourth-order valence-electron chi connectivity index (χ4n) is 4.70. The van der Waals surface area contributed by atoms with Crippen LogP contribution in [0.1, 0.15) is 41.8 Å². The van der Waals surface area contributed by atoms with Gasteiger partial charge < -0.3 is 15.0 Å². The number of rotatable bonds is 11. The van der Waals surface area contributed by atoms with E-state index in [2.05, 4.69) is 5.32 Å². The van der Waals surface area contributed by atoms with Crippen LogP contribution < -0.4 is 10.1 Å². The van der Waals surface area contributed by atoms with Crippen LogP contribution in [0, 0.1) is 0 Å². The van der Waals surface area contributed by atoms with Gasteiger partial charge in [0.15, 0.2) is 0 Å². The van der Waals surface area contributed by atoms with Gasteiger partial charge >= 0.3 is 0 Å². The Bertz CT molecular complexity index is 1490. The lowest BCUT2D eigenvalue weighted by molar-refractivity contribution is -0.141. The van der Waals surface area contributed by atoms with E-state index in [1.165, 1.54) is 17.0 Å². The fraction of sp³-hybridized carbons (Fsp3) is 0.300. The van der Waals surface area contributed by atoms with Gasteiger partial charge in [-0.05, 0) is 49.2 Å². The SMILES string of the molecule is COc1cccc(CN(C(=O)CCN2C(=O)c3ccccc3S2(=O)=O)[C@H](Cc2ccccc2)C(=O)NC(C)C)c1. The Kier molecular flexibility index (Phi) is 8.89. The van der Waals surface area contributed by atoms with Crippen LogP contribution in [0.4, 0.5) is 0 Å². The van der Waals surface area contributed by atoms with Crippen molar-refractivity contribution >= 4 is 27.7 Å². The molecule has 3 aromatic carbocycles. The second-order valence-corrected chi connectivity index (χ2v) is 11.7. The van der Waals surface area contributed by atoms with Gasteiger partial charge in [-0.15, -0.1) is 0 Å². The van der Waals surface area contributed by atoms with Crippen molar-refractivity contribution in [3.63, 3.8) is 0 Å². The van der Waals surface area contributed by atoms with Crippen molar-refractivity contribution in [1.82, 2.24) is 14.5 Å². The van der Waals surface area contributed by atoms with Crippen molar-refractivity contribution in [2.45, 2.75) is 50.2 Å². The molecule has 0 fully saturated rings. The van der Waals surface area contributed by atoms with Crippen LogP contribution in [0.25, 0.3) is 0 Å². The van der Waals surface area contributed by atoms with Gasteiger partial charge in [-0.1, -0.05) is 54.6 Å². The quantitative estimate of drug-likeness (QED) is 0.383. The second kappa shape index (κ2) is 12.3. The molecule has 4 rings (SSSR count). The third-order valence-corrected chi connectivity index (χ3v) is 8.47. The molecular formula is C30H33N3O6S. The summed E-state index contributed by atoms with van der Waals surface area (Å²) in [4.78, 5) is 41.6. The molecule has 1 atom stereocenters. The van der Waals surface area contributed by atoms with E-state index >= 15 is 0 Å². The molecule has 0 unspecified atom stereocenters. The van der Waals surface area contributed by atoms with Gasteiger partial charge in [0, 0.05) is 32.0 Å². The first-order valence-electron chi connectivity index (χ1n) is 13.0. The summed E-state index contributed by atoms with van der Waals surface area (Å²) in [5, 5.41) is 2.92. The topological polar surface area (TPSA) is 113 Å². The van der Waals surface area contributed by atoms with Crippen LogP contribution in [0.3, 0.4) is 0 Å². The predicted molar refractivity (Wildman–Crippen MR) is 150 cm³/mol. The predicted octanol–water partition coefficient (Wildman–Crippen LogP) is 3.39. The molecule has 0 aromatic heterocycles. The minimum Gasteiger partial charge on any atom is -0.497 e. The standard InChI is InChI=1S/C30H33N3O6S/c1-21(2)31-29(35)26(19-22-10-5-4-6-11-22)32(20-23-12-9-13-24(18-23)39-3)28(34)16-17-33-30(36)25-14-7-8-15-27(25)40(33,37)38/h4-15,18,21,26H,16-17,19-20H2,1-3H3,(H,31,35)/t26-/m1/s1. The molecule has 0 aliphatic carbocycles. The first-order chi connectivity index (χ1) is 19.1. The monoisotopic (exact) mass is 563 g/mol. The Balaban J connectivity index is 1.65. The van der Waals surface area contributed by atoms with Crippen LogP contribution in [0.5, 0.6) is 5.75 Å². The summed E-state index contributed by atoms with van der Waals surface area (Å²) in [6, 6.07) is 21.5. The van der Waals surface area contributed by atoms with E-state index in [9.17, 15) is 22.8 Å². The third kappa shape index (κ3) is 6.34. The number of fused-ring (bicyclic) bond motifs is 1. The largest absolute Gasteiger partial charge is 0.497 e. The highest BCUT2D eigenvalue weighted by molar-refractivity contribution is 7.90. The number of carbonyl (C=O) groups is 3. The number of amides is 3. The molecule has 1 aliphatic rings. The summed E-state index contributed by atoms with van der Waals surface area (Å²) >= 11 is 0. The van der Waals surface area contributed by atoms with Crippen molar-refractivity contribution in [2.24, 2.45) is 0 Å². The molecule has 10 heteroatoms. The summed E-state index contributed by atoms with van der Waals surface area (Å²) < 4.78 is 32.2. The molecule has 0 saturated carbocycles. The zero-order valence-electron chi connectivity index (χ0n) is 22.7. The number of nitrogens with zero attached hydrogens (tertiary/aromatic N) is 2. The van der Waals surface area contributed by atoms with Crippen molar-refractivity contribution < 1.29 is 27.5 Å². The van der Waals surface area contributed by atoms with Crippen molar-refractivity contribution in [3.8, 4) is 5.75 Å². The first kappa shape index (κ1) is 28.8. The zero-order valence-corrected chi connectivity index (χ0v) is 23.6. The highest BCUT2D eigenvalue weighted by Crippen LogP contribution is 2.30.